The highest BCUT2D eigenvalue weighted by molar-refractivity contribution is 5.76. The van der Waals surface area contributed by atoms with E-state index in [-0.39, 0.29) is 30.7 Å². The van der Waals surface area contributed by atoms with E-state index < -0.39 is 17.8 Å². The summed E-state index contributed by atoms with van der Waals surface area (Å²) in [4.78, 5) is 11.5. The molecule has 4 nitrogen and oxygen atoms in total. The number of ether oxygens (including phenoxy) is 1. The fourth-order valence-corrected chi connectivity index (χ4v) is 1.71. The number of alkyl halides is 3. The van der Waals surface area contributed by atoms with Gasteiger partial charge in [-0.2, -0.15) is 13.2 Å². The molecular weight excluding hydrogens is 285 g/mol. The fourth-order valence-electron chi connectivity index (χ4n) is 1.71. The van der Waals surface area contributed by atoms with Gasteiger partial charge in [0.2, 0.25) is 5.91 Å². The maximum Gasteiger partial charge on any atom is 0.419 e. The number of carbonyl (C=O) groups is 1. The standard InChI is InChI=1S/C14H19F3N2O2/c1-9(18)7-13(20)19-10(2)8-21-12-6-4-3-5-11(12)14(15,16)17/h3-6,9-10H,7-8,18H2,1-2H3,(H,19,20). The van der Waals surface area contributed by atoms with Crippen molar-refractivity contribution >= 4 is 5.91 Å². The molecule has 1 aromatic carbocycles. The molecule has 0 spiro atoms. The highest BCUT2D eigenvalue weighted by Crippen LogP contribution is 2.35. The van der Waals surface area contributed by atoms with E-state index in [0.29, 0.717) is 0 Å². The number of carbonyl (C=O) groups excluding carboxylic acids is 1. The van der Waals surface area contributed by atoms with Gasteiger partial charge in [-0.15, -0.1) is 0 Å². The Bertz CT molecular complexity index is 476. The van der Waals surface area contributed by atoms with Gasteiger partial charge >= 0.3 is 6.18 Å². The van der Waals surface area contributed by atoms with Crippen molar-refractivity contribution in [2.24, 2.45) is 5.73 Å². The molecule has 3 N–H and O–H groups in total. The molecule has 0 aliphatic rings. The summed E-state index contributed by atoms with van der Waals surface area (Å²) in [6, 6.07) is 4.27. The maximum absolute atomic E-state index is 12.8. The number of hydrogen-bond donors (Lipinski definition) is 2. The van der Waals surface area contributed by atoms with E-state index in [9.17, 15) is 18.0 Å². The summed E-state index contributed by atoms with van der Waals surface area (Å²) in [5, 5.41) is 2.61. The van der Waals surface area contributed by atoms with Crippen molar-refractivity contribution in [1.29, 1.82) is 0 Å². The van der Waals surface area contributed by atoms with Crippen LogP contribution in [0.15, 0.2) is 24.3 Å². The number of benzene rings is 1. The molecular formula is C14H19F3N2O2. The number of hydrogen-bond acceptors (Lipinski definition) is 3. The van der Waals surface area contributed by atoms with Crippen molar-refractivity contribution in [2.75, 3.05) is 6.61 Å². The Morgan fingerprint density at radius 1 is 1.33 bits per heavy atom. The van der Waals surface area contributed by atoms with Gasteiger partial charge in [0.15, 0.2) is 0 Å². The third-order valence-corrected chi connectivity index (χ3v) is 2.60. The predicted molar refractivity (Wildman–Crippen MR) is 72.8 cm³/mol. The predicted octanol–water partition coefficient (Wildman–Crippen LogP) is 2.33. The largest absolute Gasteiger partial charge is 0.491 e. The highest BCUT2D eigenvalue weighted by atomic mass is 19.4. The smallest absolute Gasteiger partial charge is 0.419 e. The number of halogens is 3. The van der Waals surface area contributed by atoms with Crippen molar-refractivity contribution in [3.05, 3.63) is 29.8 Å². The molecule has 1 rings (SSSR count). The molecule has 1 amide bonds. The first-order chi connectivity index (χ1) is 9.70. The van der Waals surface area contributed by atoms with Gasteiger partial charge in [0.25, 0.3) is 0 Å². The van der Waals surface area contributed by atoms with E-state index in [1.54, 1.807) is 13.8 Å². The normalized spacial score (nSPS) is 14.4. The van der Waals surface area contributed by atoms with Gasteiger partial charge < -0.3 is 15.8 Å². The molecule has 0 aromatic heterocycles. The minimum absolute atomic E-state index is 0.0578. The molecule has 0 aliphatic heterocycles. The van der Waals surface area contributed by atoms with Gasteiger partial charge in [-0.1, -0.05) is 12.1 Å². The highest BCUT2D eigenvalue weighted by Gasteiger charge is 2.34. The van der Waals surface area contributed by atoms with Crippen LogP contribution in [0.5, 0.6) is 5.75 Å². The van der Waals surface area contributed by atoms with Gasteiger partial charge in [0.05, 0.1) is 11.6 Å². The average molecular weight is 304 g/mol. The summed E-state index contributed by atoms with van der Waals surface area (Å²) in [5.41, 5.74) is 4.65. The first-order valence-corrected chi connectivity index (χ1v) is 6.54. The lowest BCUT2D eigenvalue weighted by atomic mass is 10.2. The zero-order valence-corrected chi connectivity index (χ0v) is 11.9. The van der Waals surface area contributed by atoms with E-state index in [1.165, 1.54) is 18.2 Å². The van der Waals surface area contributed by atoms with Crippen LogP contribution in [0.3, 0.4) is 0 Å². The molecule has 2 atom stereocenters. The van der Waals surface area contributed by atoms with Crippen molar-refractivity contribution in [2.45, 2.75) is 38.5 Å². The van der Waals surface area contributed by atoms with Gasteiger partial charge in [-0.05, 0) is 26.0 Å². The van der Waals surface area contributed by atoms with Crippen molar-refractivity contribution < 1.29 is 22.7 Å². The third-order valence-electron chi connectivity index (χ3n) is 2.60. The SMILES string of the molecule is CC(N)CC(=O)NC(C)COc1ccccc1C(F)(F)F. The van der Waals surface area contributed by atoms with Crippen molar-refractivity contribution in [3.63, 3.8) is 0 Å². The molecule has 0 bridgehead atoms. The summed E-state index contributed by atoms with van der Waals surface area (Å²) in [5.74, 6) is -0.511. The second-order valence-corrected chi connectivity index (χ2v) is 4.95. The summed E-state index contributed by atoms with van der Waals surface area (Å²) in [7, 11) is 0. The molecule has 0 fully saturated rings. The number of nitrogens with two attached hydrogens (primary N) is 1. The van der Waals surface area contributed by atoms with Crippen LogP contribution in [0.1, 0.15) is 25.8 Å². The van der Waals surface area contributed by atoms with Crippen LogP contribution >= 0.6 is 0 Å². The monoisotopic (exact) mass is 304 g/mol. The summed E-state index contributed by atoms with van der Waals surface area (Å²) in [6.45, 7) is 3.29. The minimum atomic E-state index is -4.47. The first-order valence-electron chi connectivity index (χ1n) is 6.54. The number of rotatable bonds is 6. The van der Waals surface area contributed by atoms with Crippen molar-refractivity contribution in [1.82, 2.24) is 5.32 Å². The van der Waals surface area contributed by atoms with Crippen LogP contribution in [0.2, 0.25) is 0 Å². The van der Waals surface area contributed by atoms with E-state index in [4.69, 9.17) is 10.5 Å². The Kier molecular flexibility index (Phi) is 6.02. The molecule has 0 aliphatic carbocycles. The molecule has 2 unspecified atom stereocenters. The van der Waals surface area contributed by atoms with Gasteiger partial charge in [-0.25, -0.2) is 0 Å². The summed E-state index contributed by atoms with van der Waals surface area (Å²) >= 11 is 0. The molecule has 7 heteroatoms. The summed E-state index contributed by atoms with van der Waals surface area (Å²) < 4.78 is 43.5. The van der Waals surface area contributed by atoms with Gasteiger partial charge in [0.1, 0.15) is 12.4 Å². The quantitative estimate of drug-likeness (QED) is 0.848. The number of amides is 1. The Morgan fingerprint density at radius 3 is 2.52 bits per heavy atom. The van der Waals surface area contributed by atoms with E-state index in [2.05, 4.69) is 5.32 Å². The van der Waals surface area contributed by atoms with Crippen molar-refractivity contribution in [3.8, 4) is 5.75 Å². The Labute approximate surface area is 121 Å². The topological polar surface area (TPSA) is 64.4 Å². The minimum Gasteiger partial charge on any atom is -0.491 e. The first kappa shape index (κ1) is 17.3. The van der Waals surface area contributed by atoms with Crippen LogP contribution in [-0.2, 0) is 11.0 Å². The Balaban J connectivity index is 2.58. The molecule has 21 heavy (non-hydrogen) atoms. The lowest BCUT2D eigenvalue weighted by Crippen LogP contribution is -2.39. The maximum atomic E-state index is 12.8. The Morgan fingerprint density at radius 2 is 1.95 bits per heavy atom. The second kappa shape index (κ2) is 7.31. The lowest BCUT2D eigenvalue weighted by Gasteiger charge is -2.18. The average Bonchev–Trinajstić information content (AvgIpc) is 2.34. The second-order valence-electron chi connectivity index (χ2n) is 4.95. The molecule has 0 heterocycles. The van der Waals surface area contributed by atoms with Crippen LogP contribution in [-0.4, -0.2) is 24.6 Å². The zero-order valence-electron chi connectivity index (χ0n) is 11.9. The number of para-hydroxylation sites is 1. The summed E-state index contributed by atoms with van der Waals surface area (Å²) in [6.07, 6.45) is -4.32. The van der Waals surface area contributed by atoms with Crippen LogP contribution in [0.25, 0.3) is 0 Å². The van der Waals surface area contributed by atoms with Crippen LogP contribution in [0, 0.1) is 0 Å². The van der Waals surface area contributed by atoms with E-state index in [1.807, 2.05) is 0 Å². The molecule has 0 saturated carbocycles. The zero-order chi connectivity index (χ0) is 16.0. The fraction of sp³-hybridized carbons (Fsp3) is 0.500. The van der Waals surface area contributed by atoms with Crippen LogP contribution < -0.4 is 15.8 Å². The molecule has 1 aromatic rings. The van der Waals surface area contributed by atoms with E-state index >= 15 is 0 Å². The lowest BCUT2D eigenvalue weighted by molar-refractivity contribution is -0.139. The van der Waals surface area contributed by atoms with Crippen LogP contribution in [0.4, 0.5) is 13.2 Å². The van der Waals surface area contributed by atoms with Gasteiger partial charge in [0, 0.05) is 12.5 Å². The Hall–Kier alpha value is -1.76. The van der Waals surface area contributed by atoms with Gasteiger partial charge in [-0.3, -0.25) is 4.79 Å². The third kappa shape index (κ3) is 6.03. The van der Waals surface area contributed by atoms with E-state index in [0.717, 1.165) is 6.07 Å². The number of nitrogens with one attached hydrogen (secondary N) is 1. The molecule has 118 valence electrons. The molecule has 0 saturated heterocycles. The molecule has 0 radical (unpaired) electrons.